The molecule has 4 nitrogen and oxygen atoms in total. The number of halogens is 1. The largest absolute Gasteiger partial charge is 0.496 e. The summed E-state index contributed by atoms with van der Waals surface area (Å²) in [5, 5.41) is 3.92. The maximum atomic E-state index is 6.03. The second-order valence-electron chi connectivity index (χ2n) is 4.38. The Morgan fingerprint density at radius 2 is 2.22 bits per heavy atom. The number of nitrogens with one attached hydrogen (secondary N) is 2. The molecule has 1 aromatic carbocycles. The van der Waals surface area contributed by atoms with E-state index in [0.29, 0.717) is 10.9 Å². The predicted octanol–water partition coefficient (Wildman–Crippen LogP) is 2.43. The van der Waals surface area contributed by atoms with Crippen molar-refractivity contribution in [2.45, 2.75) is 5.92 Å². The van der Waals surface area contributed by atoms with E-state index in [1.54, 1.807) is 7.11 Å². The lowest BCUT2D eigenvalue weighted by molar-refractivity contribution is 0.416. The van der Waals surface area contributed by atoms with Crippen LogP contribution in [-0.4, -0.2) is 30.2 Å². The molecule has 94 valence electrons. The number of hydrogen-bond donors (Lipinski definition) is 2. The first-order valence-corrected chi connectivity index (χ1v) is 6.25. The molecular formula is C13H14ClN3O. The Bertz CT molecular complexity index is 563. The number of H-pyrrole nitrogens is 1. The van der Waals surface area contributed by atoms with Crippen LogP contribution in [0.3, 0.4) is 0 Å². The molecule has 1 aliphatic heterocycles. The van der Waals surface area contributed by atoms with Gasteiger partial charge in [0.05, 0.1) is 19.0 Å². The molecule has 18 heavy (non-hydrogen) atoms. The molecule has 0 unspecified atom stereocenters. The van der Waals surface area contributed by atoms with Crippen molar-refractivity contribution in [2.24, 2.45) is 0 Å². The SMILES string of the molecule is COc1ccc(Cl)cc1-c1cnc(C2CNC2)[nH]1. The third kappa shape index (κ3) is 1.98. The summed E-state index contributed by atoms with van der Waals surface area (Å²) in [7, 11) is 1.65. The number of hydrogen-bond acceptors (Lipinski definition) is 3. The second-order valence-corrected chi connectivity index (χ2v) is 4.82. The second kappa shape index (κ2) is 4.63. The van der Waals surface area contributed by atoms with Gasteiger partial charge in [-0.05, 0) is 18.2 Å². The fourth-order valence-electron chi connectivity index (χ4n) is 2.05. The Morgan fingerprint density at radius 3 is 2.89 bits per heavy atom. The van der Waals surface area contributed by atoms with Crippen molar-refractivity contribution in [1.29, 1.82) is 0 Å². The van der Waals surface area contributed by atoms with Gasteiger partial charge in [-0.15, -0.1) is 0 Å². The molecule has 5 heteroatoms. The Hall–Kier alpha value is -1.52. The maximum absolute atomic E-state index is 6.03. The van der Waals surface area contributed by atoms with Crippen LogP contribution in [-0.2, 0) is 0 Å². The van der Waals surface area contributed by atoms with Crippen LogP contribution in [0.2, 0.25) is 5.02 Å². The van der Waals surface area contributed by atoms with Gasteiger partial charge in [-0.2, -0.15) is 0 Å². The quantitative estimate of drug-likeness (QED) is 0.894. The molecule has 1 aromatic heterocycles. The minimum Gasteiger partial charge on any atom is -0.496 e. The zero-order valence-corrected chi connectivity index (χ0v) is 10.8. The maximum Gasteiger partial charge on any atom is 0.128 e. The number of nitrogens with zero attached hydrogens (tertiary/aromatic N) is 1. The lowest BCUT2D eigenvalue weighted by Gasteiger charge is -2.24. The van der Waals surface area contributed by atoms with Crippen molar-refractivity contribution in [3.05, 3.63) is 35.2 Å². The summed E-state index contributed by atoms with van der Waals surface area (Å²) in [6, 6.07) is 5.57. The van der Waals surface area contributed by atoms with E-state index in [4.69, 9.17) is 16.3 Å². The van der Waals surface area contributed by atoms with Gasteiger partial charge in [0, 0.05) is 29.6 Å². The smallest absolute Gasteiger partial charge is 0.128 e. The normalized spacial score (nSPS) is 15.4. The monoisotopic (exact) mass is 263 g/mol. The lowest BCUT2D eigenvalue weighted by Crippen LogP contribution is -2.40. The van der Waals surface area contributed by atoms with Gasteiger partial charge in [-0.25, -0.2) is 4.98 Å². The molecule has 2 N–H and O–H groups in total. The van der Waals surface area contributed by atoms with E-state index >= 15 is 0 Å². The highest BCUT2D eigenvalue weighted by atomic mass is 35.5. The molecule has 0 amide bonds. The summed E-state index contributed by atoms with van der Waals surface area (Å²) < 4.78 is 5.35. The zero-order chi connectivity index (χ0) is 12.5. The first-order chi connectivity index (χ1) is 8.78. The number of rotatable bonds is 3. The third-order valence-electron chi connectivity index (χ3n) is 3.22. The van der Waals surface area contributed by atoms with E-state index in [1.807, 2.05) is 24.4 Å². The highest BCUT2D eigenvalue weighted by Crippen LogP contribution is 2.32. The minimum absolute atomic E-state index is 0.490. The van der Waals surface area contributed by atoms with E-state index in [0.717, 1.165) is 35.9 Å². The van der Waals surface area contributed by atoms with E-state index < -0.39 is 0 Å². The molecule has 0 atom stereocenters. The van der Waals surface area contributed by atoms with Gasteiger partial charge in [-0.3, -0.25) is 0 Å². The van der Waals surface area contributed by atoms with Gasteiger partial charge >= 0.3 is 0 Å². The molecule has 0 saturated carbocycles. The number of aromatic nitrogens is 2. The molecule has 0 bridgehead atoms. The Balaban J connectivity index is 1.98. The van der Waals surface area contributed by atoms with Crippen molar-refractivity contribution >= 4 is 11.6 Å². The van der Waals surface area contributed by atoms with Crippen LogP contribution in [0.25, 0.3) is 11.3 Å². The van der Waals surface area contributed by atoms with Crippen LogP contribution in [0.1, 0.15) is 11.7 Å². The summed E-state index contributed by atoms with van der Waals surface area (Å²) in [5.74, 6) is 2.30. The van der Waals surface area contributed by atoms with Crippen LogP contribution in [0, 0.1) is 0 Å². The molecule has 1 fully saturated rings. The van der Waals surface area contributed by atoms with Gasteiger partial charge in [0.1, 0.15) is 11.6 Å². The molecular weight excluding hydrogens is 250 g/mol. The van der Waals surface area contributed by atoms with Gasteiger partial charge in [0.2, 0.25) is 0 Å². The predicted molar refractivity (Wildman–Crippen MR) is 71.2 cm³/mol. The Morgan fingerprint density at radius 1 is 1.39 bits per heavy atom. The molecule has 0 spiro atoms. The first kappa shape index (κ1) is 11.6. The lowest BCUT2D eigenvalue weighted by atomic mass is 10.0. The molecule has 1 saturated heterocycles. The highest BCUT2D eigenvalue weighted by molar-refractivity contribution is 6.30. The summed E-state index contributed by atoms with van der Waals surface area (Å²) >= 11 is 6.03. The van der Waals surface area contributed by atoms with E-state index in [2.05, 4.69) is 15.3 Å². The highest BCUT2D eigenvalue weighted by Gasteiger charge is 2.22. The zero-order valence-electron chi connectivity index (χ0n) is 10.0. The van der Waals surface area contributed by atoms with Gasteiger partial charge in [0.15, 0.2) is 0 Å². The molecule has 1 aliphatic rings. The number of benzene rings is 1. The molecule has 2 aromatic rings. The summed E-state index contributed by atoms with van der Waals surface area (Å²) in [6.07, 6.45) is 1.84. The van der Waals surface area contributed by atoms with Gasteiger partial charge in [-0.1, -0.05) is 11.6 Å². The summed E-state index contributed by atoms with van der Waals surface area (Å²) in [6.45, 7) is 1.97. The molecule has 2 heterocycles. The van der Waals surface area contributed by atoms with Crippen molar-refractivity contribution in [3.8, 4) is 17.0 Å². The standard InChI is InChI=1S/C13H14ClN3O/c1-18-12-3-2-9(14)4-10(12)11-7-16-13(17-11)8-5-15-6-8/h2-4,7-8,15H,5-6H2,1H3,(H,16,17). The van der Waals surface area contributed by atoms with E-state index in [9.17, 15) is 0 Å². The number of aromatic amines is 1. The van der Waals surface area contributed by atoms with Crippen LogP contribution < -0.4 is 10.1 Å². The summed E-state index contributed by atoms with van der Waals surface area (Å²) in [4.78, 5) is 7.77. The Kier molecular flexibility index (Phi) is 2.97. The average Bonchev–Trinajstić information content (AvgIpc) is 2.76. The Labute approximate surface area is 110 Å². The summed E-state index contributed by atoms with van der Waals surface area (Å²) in [5.41, 5.74) is 1.88. The van der Waals surface area contributed by atoms with Crippen molar-refractivity contribution in [2.75, 3.05) is 20.2 Å². The number of ether oxygens (including phenoxy) is 1. The molecule has 0 radical (unpaired) electrons. The van der Waals surface area contributed by atoms with Crippen LogP contribution >= 0.6 is 11.6 Å². The topological polar surface area (TPSA) is 49.9 Å². The number of imidazole rings is 1. The average molecular weight is 264 g/mol. The first-order valence-electron chi connectivity index (χ1n) is 5.87. The van der Waals surface area contributed by atoms with E-state index in [-0.39, 0.29) is 0 Å². The number of methoxy groups -OCH3 is 1. The molecule has 0 aliphatic carbocycles. The van der Waals surface area contributed by atoms with Gasteiger partial charge < -0.3 is 15.0 Å². The molecule has 3 rings (SSSR count). The van der Waals surface area contributed by atoms with Crippen molar-refractivity contribution in [1.82, 2.24) is 15.3 Å². The van der Waals surface area contributed by atoms with Gasteiger partial charge in [0.25, 0.3) is 0 Å². The van der Waals surface area contributed by atoms with E-state index in [1.165, 1.54) is 0 Å². The minimum atomic E-state index is 0.490. The van der Waals surface area contributed by atoms with Crippen LogP contribution in [0.4, 0.5) is 0 Å². The van der Waals surface area contributed by atoms with Crippen LogP contribution in [0.15, 0.2) is 24.4 Å². The fraction of sp³-hybridized carbons (Fsp3) is 0.308. The van der Waals surface area contributed by atoms with Crippen LogP contribution in [0.5, 0.6) is 5.75 Å². The van der Waals surface area contributed by atoms with Crippen molar-refractivity contribution < 1.29 is 4.74 Å². The third-order valence-corrected chi connectivity index (χ3v) is 3.45. The fourth-order valence-corrected chi connectivity index (χ4v) is 2.23. The van der Waals surface area contributed by atoms with Crippen molar-refractivity contribution in [3.63, 3.8) is 0 Å².